The van der Waals surface area contributed by atoms with Gasteiger partial charge >= 0.3 is 0 Å². The highest BCUT2D eigenvalue weighted by molar-refractivity contribution is 5.67. The van der Waals surface area contributed by atoms with Crippen LogP contribution in [0.15, 0.2) is 22.7 Å². The van der Waals surface area contributed by atoms with Crippen LogP contribution in [0, 0.1) is 0 Å². The number of nitrogens with two attached hydrogens (primary N) is 1. The van der Waals surface area contributed by atoms with Crippen LogP contribution in [-0.2, 0) is 6.42 Å². The maximum atomic E-state index is 5.39. The zero-order valence-electron chi connectivity index (χ0n) is 7.23. The molecule has 2 heterocycles. The first-order valence-corrected chi connectivity index (χ1v) is 4.30. The Hall–Kier alpha value is -1.42. The molecule has 0 saturated heterocycles. The Kier molecular flexibility index (Phi) is 2.23. The molecule has 13 heavy (non-hydrogen) atoms. The van der Waals surface area contributed by atoms with Gasteiger partial charge in [-0.25, -0.2) is 9.97 Å². The van der Waals surface area contributed by atoms with Crippen LogP contribution < -0.4 is 5.73 Å². The molecule has 4 heteroatoms. The average Bonchev–Trinajstić information content (AvgIpc) is 2.57. The Morgan fingerprint density at radius 1 is 1.46 bits per heavy atom. The molecule has 2 N–H and O–H groups in total. The molecule has 2 aromatic rings. The van der Waals surface area contributed by atoms with Gasteiger partial charge < -0.3 is 10.2 Å². The summed E-state index contributed by atoms with van der Waals surface area (Å²) in [6.45, 7) is 0.659. The number of hydrogen-bond acceptors (Lipinski definition) is 4. The third kappa shape index (κ3) is 1.67. The molecule has 0 radical (unpaired) electrons. The molecular formula is C9H11N3O. The van der Waals surface area contributed by atoms with E-state index in [-0.39, 0.29) is 0 Å². The molecule has 0 aromatic carbocycles. The third-order valence-electron chi connectivity index (χ3n) is 1.81. The first kappa shape index (κ1) is 8.19. The van der Waals surface area contributed by atoms with Crippen LogP contribution in [0.25, 0.3) is 11.2 Å². The number of fused-ring (bicyclic) bond motifs is 1. The predicted octanol–water partition coefficient (Wildman–Crippen LogP) is 1.11. The summed E-state index contributed by atoms with van der Waals surface area (Å²) in [6, 6.07) is 3.73. The molecule has 0 aliphatic heterocycles. The van der Waals surface area contributed by atoms with Gasteiger partial charge in [0.2, 0.25) is 5.71 Å². The van der Waals surface area contributed by atoms with Crippen molar-refractivity contribution < 1.29 is 4.42 Å². The van der Waals surface area contributed by atoms with Crippen LogP contribution in [-0.4, -0.2) is 16.5 Å². The lowest BCUT2D eigenvalue weighted by molar-refractivity contribution is 0.514. The minimum absolute atomic E-state index is 0.606. The van der Waals surface area contributed by atoms with Gasteiger partial charge in [-0.15, -0.1) is 0 Å². The summed E-state index contributed by atoms with van der Waals surface area (Å²) < 4.78 is 5.39. The fourth-order valence-electron chi connectivity index (χ4n) is 1.18. The van der Waals surface area contributed by atoms with E-state index in [1.807, 2.05) is 12.1 Å². The predicted molar refractivity (Wildman–Crippen MR) is 49.2 cm³/mol. The largest absolute Gasteiger partial charge is 0.422 e. The molecule has 0 aliphatic carbocycles. The van der Waals surface area contributed by atoms with E-state index < -0.39 is 0 Å². The smallest absolute Gasteiger partial charge is 0.246 e. The quantitative estimate of drug-likeness (QED) is 0.762. The van der Waals surface area contributed by atoms with Crippen LogP contribution in [0.3, 0.4) is 0 Å². The summed E-state index contributed by atoms with van der Waals surface area (Å²) >= 11 is 0. The molecule has 2 aromatic heterocycles. The third-order valence-corrected chi connectivity index (χ3v) is 1.81. The molecule has 0 saturated carbocycles. The Morgan fingerprint density at radius 2 is 2.38 bits per heavy atom. The van der Waals surface area contributed by atoms with Crippen molar-refractivity contribution in [1.29, 1.82) is 0 Å². The second-order valence-corrected chi connectivity index (χ2v) is 2.83. The van der Waals surface area contributed by atoms with Crippen molar-refractivity contribution in [2.75, 3.05) is 6.54 Å². The average molecular weight is 177 g/mol. The van der Waals surface area contributed by atoms with Gasteiger partial charge in [0.1, 0.15) is 5.52 Å². The zero-order valence-corrected chi connectivity index (χ0v) is 7.23. The van der Waals surface area contributed by atoms with Crippen LogP contribution in [0.2, 0.25) is 0 Å². The lowest BCUT2D eigenvalue weighted by atomic mass is 10.3. The molecule has 68 valence electrons. The summed E-state index contributed by atoms with van der Waals surface area (Å²) in [4.78, 5) is 8.32. The van der Waals surface area contributed by atoms with Crippen LogP contribution in [0.1, 0.15) is 12.3 Å². The summed E-state index contributed by atoms with van der Waals surface area (Å²) in [7, 11) is 0. The van der Waals surface area contributed by atoms with Gasteiger partial charge in [0, 0.05) is 12.6 Å². The Morgan fingerprint density at radius 3 is 3.15 bits per heavy atom. The molecule has 4 nitrogen and oxygen atoms in total. The highest BCUT2D eigenvalue weighted by Gasteiger charge is 2.04. The van der Waals surface area contributed by atoms with Crippen molar-refractivity contribution in [3.8, 4) is 0 Å². The summed E-state index contributed by atoms with van der Waals surface area (Å²) in [5.74, 6) is 0.721. The van der Waals surface area contributed by atoms with Crippen LogP contribution >= 0.6 is 0 Å². The van der Waals surface area contributed by atoms with E-state index in [1.165, 1.54) is 0 Å². The van der Waals surface area contributed by atoms with Crippen LogP contribution in [0.5, 0.6) is 0 Å². The summed E-state index contributed by atoms with van der Waals surface area (Å²) in [5, 5.41) is 0. The fraction of sp³-hybridized carbons (Fsp3) is 0.333. The van der Waals surface area contributed by atoms with E-state index in [1.54, 1.807) is 6.20 Å². The van der Waals surface area contributed by atoms with E-state index in [4.69, 9.17) is 10.2 Å². The molecule has 2 rings (SSSR count). The number of pyridine rings is 1. The van der Waals surface area contributed by atoms with Gasteiger partial charge in [-0.05, 0) is 25.1 Å². The molecule has 0 amide bonds. The molecule has 0 fully saturated rings. The van der Waals surface area contributed by atoms with Crippen molar-refractivity contribution in [2.45, 2.75) is 12.8 Å². The van der Waals surface area contributed by atoms with Gasteiger partial charge in [0.25, 0.3) is 0 Å². The number of nitrogens with zero attached hydrogens (tertiary/aromatic N) is 2. The number of aryl methyl sites for hydroxylation is 1. The number of rotatable bonds is 3. The highest BCUT2D eigenvalue weighted by atomic mass is 16.4. The first-order valence-electron chi connectivity index (χ1n) is 4.30. The van der Waals surface area contributed by atoms with Gasteiger partial charge in [0.05, 0.1) is 0 Å². The second-order valence-electron chi connectivity index (χ2n) is 2.83. The maximum Gasteiger partial charge on any atom is 0.246 e. The molecular weight excluding hydrogens is 166 g/mol. The lowest BCUT2D eigenvalue weighted by Crippen LogP contribution is -2.00. The van der Waals surface area contributed by atoms with E-state index in [0.29, 0.717) is 12.3 Å². The molecule has 0 unspecified atom stereocenters. The Balaban J connectivity index is 2.28. The normalized spacial score (nSPS) is 10.8. The van der Waals surface area contributed by atoms with E-state index in [0.717, 1.165) is 24.2 Å². The van der Waals surface area contributed by atoms with Gasteiger partial charge in [-0.2, -0.15) is 0 Å². The number of hydrogen-bond donors (Lipinski definition) is 1. The SMILES string of the molecule is NCCCc1nc2cccnc2o1. The highest BCUT2D eigenvalue weighted by Crippen LogP contribution is 2.12. The Labute approximate surface area is 75.8 Å². The first-order chi connectivity index (χ1) is 6.40. The monoisotopic (exact) mass is 177 g/mol. The Bertz CT molecular complexity index is 363. The van der Waals surface area contributed by atoms with Crippen LogP contribution in [0.4, 0.5) is 0 Å². The second kappa shape index (κ2) is 3.53. The lowest BCUT2D eigenvalue weighted by Gasteiger charge is -1.89. The summed E-state index contributed by atoms with van der Waals surface area (Å²) in [6.07, 6.45) is 3.37. The number of oxazole rings is 1. The van der Waals surface area contributed by atoms with Crippen molar-refractivity contribution in [2.24, 2.45) is 5.73 Å². The summed E-state index contributed by atoms with van der Waals surface area (Å²) in [5.41, 5.74) is 6.81. The maximum absolute atomic E-state index is 5.39. The topological polar surface area (TPSA) is 64.9 Å². The molecule has 0 spiro atoms. The number of aromatic nitrogens is 2. The minimum Gasteiger partial charge on any atom is -0.422 e. The fourth-order valence-corrected chi connectivity index (χ4v) is 1.18. The van der Waals surface area contributed by atoms with Gasteiger partial charge in [-0.3, -0.25) is 0 Å². The van der Waals surface area contributed by atoms with Gasteiger partial charge in [0.15, 0.2) is 5.89 Å². The van der Waals surface area contributed by atoms with Crippen molar-refractivity contribution >= 4 is 11.2 Å². The van der Waals surface area contributed by atoms with Crippen molar-refractivity contribution in [3.63, 3.8) is 0 Å². The van der Waals surface area contributed by atoms with Gasteiger partial charge in [-0.1, -0.05) is 0 Å². The minimum atomic E-state index is 0.606. The molecule has 0 bridgehead atoms. The molecule has 0 aliphatic rings. The standard InChI is InChI=1S/C9H11N3O/c10-5-1-4-8-12-7-3-2-6-11-9(7)13-8/h2-3,6H,1,4-5,10H2. The zero-order chi connectivity index (χ0) is 9.10. The van der Waals surface area contributed by atoms with E-state index in [9.17, 15) is 0 Å². The van der Waals surface area contributed by atoms with E-state index >= 15 is 0 Å². The van der Waals surface area contributed by atoms with Crippen molar-refractivity contribution in [3.05, 3.63) is 24.2 Å². The van der Waals surface area contributed by atoms with Crippen molar-refractivity contribution in [1.82, 2.24) is 9.97 Å². The molecule has 0 atom stereocenters. The van der Waals surface area contributed by atoms with E-state index in [2.05, 4.69) is 9.97 Å².